The van der Waals surface area contributed by atoms with E-state index in [1.165, 1.54) is 0 Å². The van der Waals surface area contributed by atoms with Gasteiger partial charge < -0.3 is 15.2 Å². The smallest absolute Gasteiger partial charge is 0.147 e. The van der Waals surface area contributed by atoms with Crippen molar-refractivity contribution in [1.82, 2.24) is 14.5 Å². The zero-order valence-corrected chi connectivity index (χ0v) is 10.9. The fraction of sp³-hybridized carbons (Fsp3) is 0.500. The predicted octanol–water partition coefficient (Wildman–Crippen LogP) is 1.57. The van der Waals surface area contributed by atoms with Gasteiger partial charge in [-0.3, -0.25) is 0 Å². The fourth-order valence-corrected chi connectivity index (χ4v) is 1.99. The van der Waals surface area contributed by atoms with Crippen molar-refractivity contribution in [1.29, 1.82) is 0 Å². The molecule has 2 heterocycles. The van der Waals surface area contributed by atoms with Crippen LogP contribution in [0.1, 0.15) is 19.2 Å². The number of hydrogen-bond acceptors (Lipinski definition) is 4. The first kappa shape index (κ1) is 11.7. The number of aryl methyl sites for hydroxylation is 2. The van der Waals surface area contributed by atoms with Crippen LogP contribution in [0.5, 0.6) is 0 Å². The van der Waals surface area contributed by atoms with Crippen molar-refractivity contribution in [3.63, 3.8) is 0 Å². The summed E-state index contributed by atoms with van der Waals surface area (Å²) < 4.78 is 1.96. The lowest BCUT2D eigenvalue weighted by Crippen LogP contribution is -2.13. The molecule has 2 aromatic rings. The molecule has 0 aliphatic carbocycles. The molecule has 0 saturated carbocycles. The van der Waals surface area contributed by atoms with E-state index < -0.39 is 0 Å². The lowest BCUT2D eigenvalue weighted by molar-refractivity contribution is 0.826. The minimum atomic E-state index is 0.731. The van der Waals surface area contributed by atoms with E-state index >= 15 is 0 Å². The van der Waals surface area contributed by atoms with Crippen molar-refractivity contribution in [3.05, 3.63) is 12.0 Å². The number of nitrogens with zero attached hydrogens (tertiary/aromatic N) is 4. The molecule has 0 amide bonds. The second kappa shape index (κ2) is 4.24. The van der Waals surface area contributed by atoms with Gasteiger partial charge in [0.05, 0.1) is 11.1 Å². The summed E-state index contributed by atoms with van der Waals surface area (Å²) in [5.74, 6) is 1.78. The number of anilines is 2. The normalized spacial score (nSPS) is 11.1. The summed E-state index contributed by atoms with van der Waals surface area (Å²) in [6.45, 7) is 2.13. The second-order valence-electron chi connectivity index (χ2n) is 4.50. The fourth-order valence-electron chi connectivity index (χ4n) is 1.99. The average molecular weight is 233 g/mol. The number of nitrogens with two attached hydrogens (primary N) is 1. The van der Waals surface area contributed by atoms with Gasteiger partial charge in [0, 0.05) is 33.8 Å². The van der Waals surface area contributed by atoms with Gasteiger partial charge in [-0.25, -0.2) is 9.97 Å². The third-order valence-electron chi connectivity index (χ3n) is 2.77. The topological polar surface area (TPSA) is 60.0 Å². The molecule has 2 rings (SSSR count). The first-order chi connectivity index (χ1) is 8.04. The zero-order chi connectivity index (χ0) is 12.6. The summed E-state index contributed by atoms with van der Waals surface area (Å²) in [6, 6.07) is 0. The second-order valence-corrected chi connectivity index (χ2v) is 4.50. The lowest BCUT2D eigenvalue weighted by Gasteiger charge is -2.14. The SMILES string of the molecule is CCCc1nc(N(C)C)c2c(N)cn(C)c2n1. The highest BCUT2D eigenvalue weighted by atomic mass is 15.2. The van der Waals surface area contributed by atoms with E-state index in [4.69, 9.17) is 5.73 Å². The Morgan fingerprint density at radius 1 is 1.35 bits per heavy atom. The number of hydrogen-bond donors (Lipinski definition) is 1. The molecule has 5 nitrogen and oxygen atoms in total. The van der Waals surface area contributed by atoms with Crippen molar-refractivity contribution in [2.75, 3.05) is 24.7 Å². The molecule has 0 aliphatic heterocycles. The first-order valence-corrected chi connectivity index (χ1v) is 5.83. The molecule has 0 aliphatic rings. The van der Waals surface area contributed by atoms with Crippen LogP contribution < -0.4 is 10.6 Å². The molecule has 17 heavy (non-hydrogen) atoms. The number of nitrogen functional groups attached to an aromatic ring is 1. The summed E-state index contributed by atoms with van der Waals surface area (Å²) in [4.78, 5) is 11.1. The van der Waals surface area contributed by atoms with Crippen molar-refractivity contribution >= 4 is 22.5 Å². The zero-order valence-electron chi connectivity index (χ0n) is 10.9. The van der Waals surface area contributed by atoms with Gasteiger partial charge in [0.15, 0.2) is 0 Å². The van der Waals surface area contributed by atoms with E-state index in [-0.39, 0.29) is 0 Å². The van der Waals surface area contributed by atoms with E-state index in [9.17, 15) is 0 Å². The van der Waals surface area contributed by atoms with Gasteiger partial charge in [-0.15, -0.1) is 0 Å². The Kier molecular flexibility index (Phi) is 2.92. The number of rotatable bonds is 3. The van der Waals surface area contributed by atoms with Crippen LogP contribution in [0.3, 0.4) is 0 Å². The Bertz CT molecular complexity index is 541. The molecule has 0 radical (unpaired) electrons. The predicted molar refractivity (Wildman–Crippen MR) is 71.2 cm³/mol. The Morgan fingerprint density at radius 2 is 2.06 bits per heavy atom. The van der Waals surface area contributed by atoms with Crippen LogP contribution in [-0.2, 0) is 13.5 Å². The van der Waals surface area contributed by atoms with Gasteiger partial charge in [0.1, 0.15) is 17.3 Å². The Labute approximate surface area is 101 Å². The number of fused-ring (bicyclic) bond motifs is 1. The highest BCUT2D eigenvalue weighted by molar-refractivity contribution is 5.98. The molecule has 0 fully saturated rings. The molecule has 2 aromatic heterocycles. The van der Waals surface area contributed by atoms with Gasteiger partial charge in [-0.1, -0.05) is 6.92 Å². The van der Waals surface area contributed by atoms with E-state index in [1.54, 1.807) is 0 Å². The number of aromatic nitrogens is 3. The molecule has 92 valence electrons. The third-order valence-corrected chi connectivity index (χ3v) is 2.77. The lowest BCUT2D eigenvalue weighted by atomic mass is 10.3. The maximum absolute atomic E-state index is 6.01. The van der Waals surface area contributed by atoms with Crippen LogP contribution in [0.25, 0.3) is 11.0 Å². The van der Waals surface area contributed by atoms with Crippen molar-refractivity contribution in [2.24, 2.45) is 7.05 Å². The summed E-state index contributed by atoms with van der Waals surface area (Å²) in [5.41, 5.74) is 7.65. The molecule has 0 unspecified atom stereocenters. The van der Waals surface area contributed by atoms with Crippen molar-refractivity contribution in [2.45, 2.75) is 19.8 Å². The van der Waals surface area contributed by atoms with E-state index in [1.807, 2.05) is 36.8 Å². The highest BCUT2D eigenvalue weighted by Gasteiger charge is 2.15. The molecule has 2 N–H and O–H groups in total. The molecular weight excluding hydrogens is 214 g/mol. The summed E-state index contributed by atoms with van der Waals surface area (Å²) in [5, 5.41) is 0.942. The minimum absolute atomic E-state index is 0.731. The Hall–Kier alpha value is -1.78. The van der Waals surface area contributed by atoms with E-state index in [0.717, 1.165) is 41.2 Å². The maximum atomic E-state index is 6.01. The van der Waals surface area contributed by atoms with Gasteiger partial charge in [0.2, 0.25) is 0 Å². The Morgan fingerprint density at radius 3 is 2.65 bits per heavy atom. The van der Waals surface area contributed by atoms with Crippen LogP contribution in [0.15, 0.2) is 6.20 Å². The Balaban J connectivity index is 2.74. The molecule has 0 aromatic carbocycles. The van der Waals surface area contributed by atoms with Crippen LogP contribution in [0.4, 0.5) is 11.5 Å². The van der Waals surface area contributed by atoms with Gasteiger partial charge in [-0.05, 0) is 6.42 Å². The summed E-state index contributed by atoms with van der Waals surface area (Å²) >= 11 is 0. The van der Waals surface area contributed by atoms with E-state index in [0.29, 0.717) is 0 Å². The molecular formula is C12H19N5. The molecule has 0 spiro atoms. The average Bonchev–Trinajstić information content (AvgIpc) is 2.54. The largest absolute Gasteiger partial charge is 0.397 e. The van der Waals surface area contributed by atoms with Crippen molar-refractivity contribution < 1.29 is 0 Å². The van der Waals surface area contributed by atoms with Crippen LogP contribution >= 0.6 is 0 Å². The van der Waals surface area contributed by atoms with Gasteiger partial charge in [0.25, 0.3) is 0 Å². The van der Waals surface area contributed by atoms with Crippen LogP contribution in [0, 0.1) is 0 Å². The molecule has 0 atom stereocenters. The standard InChI is InChI=1S/C12H19N5/c1-5-6-9-14-11(16(2)3)10-8(13)7-17(4)12(10)15-9/h7H,5-6,13H2,1-4H3. The maximum Gasteiger partial charge on any atom is 0.147 e. The van der Waals surface area contributed by atoms with Crippen LogP contribution in [0.2, 0.25) is 0 Å². The van der Waals surface area contributed by atoms with E-state index in [2.05, 4.69) is 16.9 Å². The summed E-state index contributed by atoms with van der Waals surface area (Å²) in [6.07, 6.45) is 3.82. The quantitative estimate of drug-likeness (QED) is 0.874. The monoisotopic (exact) mass is 233 g/mol. The van der Waals surface area contributed by atoms with Gasteiger partial charge in [-0.2, -0.15) is 0 Å². The highest BCUT2D eigenvalue weighted by Crippen LogP contribution is 2.29. The third kappa shape index (κ3) is 1.92. The summed E-state index contributed by atoms with van der Waals surface area (Å²) in [7, 11) is 5.91. The van der Waals surface area contributed by atoms with Gasteiger partial charge >= 0.3 is 0 Å². The molecule has 5 heteroatoms. The minimum Gasteiger partial charge on any atom is -0.397 e. The van der Waals surface area contributed by atoms with Crippen molar-refractivity contribution in [3.8, 4) is 0 Å². The van der Waals surface area contributed by atoms with Crippen LogP contribution in [-0.4, -0.2) is 28.6 Å². The molecule has 0 saturated heterocycles. The molecule has 0 bridgehead atoms. The first-order valence-electron chi connectivity index (χ1n) is 5.83.